The van der Waals surface area contributed by atoms with Gasteiger partial charge in [-0.1, -0.05) is 63.1 Å². The molecule has 1 heterocycles. The molecule has 0 radical (unpaired) electrons. The molecule has 1 aromatic rings. The summed E-state index contributed by atoms with van der Waals surface area (Å²) in [6.07, 6.45) is 3.90. The molecule has 0 unspecified atom stereocenters. The first-order chi connectivity index (χ1) is 12.2. The summed E-state index contributed by atoms with van der Waals surface area (Å²) in [6.45, 7) is 13.5. The third-order valence-electron chi connectivity index (χ3n) is 6.35. The molecule has 1 aliphatic carbocycles. The SMILES string of the molecule is C=C(C)C[C@@]1(C(=O)O[C@@H]2C[C@H](C)CC[C@H]2C(C)(C)c2ccccc2)CN1. The number of benzene rings is 1. The first-order valence-corrected chi connectivity index (χ1v) is 9.90. The van der Waals surface area contributed by atoms with Gasteiger partial charge in [-0.05, 0) is 43.1 Å². The Kier molecular flexibility index (Phi) is 5.30. The van der Waals surface area contributed by atoms with Gasteiger partial charge in [-0.25, -0.2) is 4.79 Å². The van der Waals surface area contributed by atoms with Gasteiger partial charge in [-0.15, -0.1) is 6.58 Å². The van der Waals surface area contributed by atoms with Crippen molar-refractivity contribution in [1.82, 2.24) is 5.32 Å². The number of carbonyl (C=O) groups is 1. The highest BCUT2D eigenvalue weighted by molar-refractivity contribution is 5.85. The Morgan fingerprint density at radius 2 is 1.96 bits per heavy atom. The van der Waals surface area contributed by atoms with Crippen LogP contribution in [-0.2, 0) is 14.9 Å². The first-order valence-electron chi connectivity index (χ1n) is 9.90. The van der Waals surface area contributed by atoms with Crippen LogP contribution in [-0.4, -0.2) is 24.2 Å². The van der Waals surface area contributed by atoms with E-state index in [-0.39, 0.29) is 17.5 Å². The molecule has 3 heteroatoms. The standard InChI is InChI=1S/C23H33NO2/c1-16(2)14-23(15-24-23)21(25)26-20-13-17(3)11-12-19(20)22(4,5)18-9-7-6-8-10-18/h6-10,17,19-20,24H,1,11-15H2,2-5H3/t17-,19-,20-,23+/m1/s1. The topological polar surface area (TPSA) is 48.2 Å². The van der Waals surface area contributed by atoms with E-state index in [0.717, 1.165) is 18.4 Å². The predicted octanol–water partition coefficient (Wildman–Crippen LogP) is 4.62. The fourth-order valence-electron chi connectivity index (χ4n) is 4.58. The van der Waals surface area contributed by atoms with Crippen molar-refractivity contribution in [2.24, 2.45) is 11.8 Å². The molecule has 3 nitrogen and oxygen atoms in total. The summed E-state index contributed by atoms with van der Waals surface area (Å²) >= 11 is 0. The molecule has 2 fully saturated rings. The average Bonchev–Trinajstić information content (AvgIpc) is 3.35. The van der Waals surface area contributed by atoms with Crippen LogP contribution in [0, 0.1) is 11.8 Å². The molecule has 1 aliphatic heterocycles. The Morgan fingerprint density at radius 1 is 1.31 bits per heavy atom. The van der Waals surface area contributed by atoms with Gasteiger partial charge in [-0.2, -0.15) is 0 Å². The van der Waals surface area contributed by atoms with Gasteiger partial charge in [0.15, 0.2) is 0 Å². The maximum Gasteiger partial charge on any atom is 0.328 e. The molecule has 26 heavy (non-hydrogen) atoms. The lowest BCUT2D eigenvalue weighted by molar-refractivity contribution is -0.159. The summed E-state index contributed by atoms with van der Waals surface area (Å²) in [5, 5.41) is 3.23. The van der Waals surface area contributed by atoms with E-state index in [0.29, 0.717) is 24.8 Å². The molecule has 0 spiro atoms. The zero-order valence-electron chi connectivity index (χ0n) is 16.7. The largest absolute Gasteiger partial charge is 0.461 e. The summed E-state index contributed by atoms with van der Waals surface area (Å²) in [5.74, 6) is 0.846. The molecule has 4 atom stereocenters. The molecule has 1 saturated heterocycles. The molecule has 142 valence electrons. The van der Waals surface area contributed by atoms with Crippen molar-refractivity contribution < 1.29 is 9.53 Å². The normalized spacial score (nSPS) is 31.3. The molecule has 1 aromatic carbocycles. The van der Waals surface area contributed by atoms with Crippen molar-refractivity contribution in [3.63, 3.8) is 0 Å². The van der Waals surface area contributed by atoms with Crippen molar-refractivity contribution in [3.8, 4) is 0 Å². The Morgan fingerprint density at radius 3 is 2.54 bits per heavy atom. The maximum absolute atomic E-state index is 12.9. The highest BCUT2D eigenvalue weighted by Crippen LogP contribution is 2.44. The molecule has 0 bridgehead atoms. The first kappa shape index (κ1) is 19.2. The number of hydrogen-bond acceptors (Lipinski definition) is 3. The monoisotopic (exact) mass is 355 g/mol. The second kappa shape index (κ2) is 7.19. The second-order valence-corrected chi connectivity index (χ2v) is 9.13. The highest BCUT2D eigenvalue weighted by atomic mass is 16.5. The molecule has 1 saturated carbocycles. The van der Waals surface area contributed by atoms with E-state index in [9.17, 15) is 4.79 Å². The quantitative estimate of drug-likeness (QED) is 0.460. The van der Waals surface area contributed by atoms with Crippen LogP contribution < -0.4 is 5.32 Å². The van der Waals surface area contributed by atoms with Gasteiger partial charge < -0.3 is 4.74 Å². The lowest BCUT2D eigenvalue weighted by Gasteiger charge is -2.44. The second-order valence-electron chi connectivity index (χ2n) is 9.13. The Balaban J connectivity index is 1.79. The van der Waals surface area contributed by atoms with E-state index in [1.165, 1.54) is 12.0 Å². The number of carbonyl (C=O) groups excluding carboxylic acids is 1. The molecule has 3 rings (SSSR count). The van der Waals surface area contributed by atoms with Gasteiger partial charge in [0.1, 0.15) is 11.6 Å². The fourth-order valence-corrected chi connectivity index (χ4v) is 4.58. The summed E-state index contributed by atoms with van der Waals surface area (Å²) in [6, 6.07) is 10.6. The molecule has 0 aromatic heterocycles. The molecular weight excluding hydrogens is 322 g/mol. The van der Waals surface area contributed by atoms with Crippen LogP contribution in [0.25, 0.3) is 0 Å². The molecule has 0 amide bonds. The summed E-state index contributed by atoms with van der Waals surface area (Å²) in [4.78, 5) is 12.9. The zero-order chi connectivity index (χ0) is 18.9. The zero-order valence-corrected chi connectivity index (χ0v) is 16.7. The number of hydrogen-bond donors (Lipinski definition) is 1. The van der Waals surface area contributed by atoms with E-state index < -0.39 is 5.54 Å². The van der Waals surface area contributed by atoms with E-state index in [4.69, 9.17) is 4.74 Å². The molecular formula is C23H33NO2. The average molecular weight is 356 g/mol. The Hall–Kier alpha value is -1.61. The third kappa shape index (κ3) is 3.88. The summed E-state index contributed by atoms with van der Waals surface area (Å²) in [5.41, 5.74) is 1.80. The molecule has 1 N–H and O–H groups in total. The van der Waals surface area contributed by atoms with Gasteiger partial charge in [0.25, 0.3) is 0 Å². The van der Waals surface area contributed by atoms with Crippen LogP contribution in [0.15, 0.2) is 42.5 Å². The van der Waals surface area contributed by atoms with Crippen molar-refractivity contribution >= 4 is 5.97 Å². The van der Waals surface area contributed by atoms with Crippen LogP contribution in [0.5, 0.6) is 0 Å². The van der Waals surface area contributed by atoms with Crippen LogP contribution in [0.1, 0.15) is 58.9 Å². The van der Waals surface area contributed by atoms with E-state index in [2.05, 4.69) is 63.0 Å². The lowest BCUT2D eigenvalue weighted by Crippen LogP contribution is -2.45. The smallest absolute Gasteiger partial charge is 0.328 e. The van der Waals surface area contributed by atoms with Gasteiger partial charge in [0, 0.05) is 12.5 Å². The van der Waals surface area contributed by atoms with Crippen LogP contribution in [0.3, 0.4) is 0 Å². The predicted molar refractivity (Wildman–Crippen MR) is 106 cm³/mol. The Labute approximate surface area is 158 Å². The van der Waals surface area contributed by atoms with Gasteiger partial charge in [-0.3, -0.25) is 5.32 Å². The van der Waals surface area contributed by atoms with Gasteiger partial charge >= 0.3 is 5.97 Å². The van der Waals surface area contributed by atoms with E-state index >= 15 is 0 Å². The molecule has 2 aliphatic rings. The maximum atomic E-state index is 12.9. The van der Waals surface area contributed by atoms with Crippen molar-refractivity contribution in [1.29, 1.82) is 0 Å². The van der Waals surface area contributed by atoms with Gasteiger partial charge in [0.05, 0.1) is 0 Å². The van der Waals surface area contributed by atoms with Gasteiger partial charge in [0.2, 0.25) is 0 Å². The number of esters is 1. The Bertz CT molecular complexity index is 660. The van der Waals surface area contributed by atoms with E-state index in [1.54, 1.807) is 0 Å². The minimum atomic E-state index is -0.520. The van der Waals surface area contributed by atoms with E-state index in [1.807, 2.05) is 6.92 Å². The minimum absolute atomic E-state index is 0.0224. The number of rotatable bonds is 6. The lowest BCUT2D eigenvalue weighted by atomic mass is 9.64. The highest BCUT2D eigenvalue weighted by Gasteiger charge is 2.52. The number of ether oxygens (including phenoxy) is 1. The number of nitrogens with one attached hydrogen (secondary N) is 1. The van der Waals surface area contributed by atoms with Crippen molar-refractivity contribution in [2.75, 3.05) is 6.54 Å². The minimum Gasteiger partial charge on any atom is -0.461 e. The van der Waals surface area contributed by atoms with Crippen LogP contribution >= 0.6 is 0 Å². The van der Waals surface area contributed by atoms with Crippen LogP contribution in [0.4, 0.5) is 0 Å². The fraction of sp³-hybridized carbons (Fsp3) is 0.609. The van der Waals surface area contributed by atoms with Crippen molar-refractivity contribution in [3.05, 3.63) is 48.0 Å². The third-order valence-corrected chi connectivity index (χ3v) is 6.35. The van der Waals surface area contributed by atoms with Crippen LogP contribution in [0.2, 0.25) is 0 Å². The van der Waals surface area contributed by atoms with Crippen molar-refractivity contribution in [2.45, 2.75) is 70.4 Å². The summed E-state index contributed by atoms with van der Waals surface area (Å²) in [7, 11) is 0. The summed E-state index contributed by atoms with van der Waals surface area (Å²) < 4.78 is 6.17.